The SMILES string of the molecule is NC(=O)OCCNC(=O)c1cc([N+](=O)[O-])ccc1Br. The summed E-state index contributed by atoms with van der Waals surface area (Å²) in [5.74, 6) is -0.524. The minimum atomic E-state index is -0.939. The average Bonchev–Trinajstić information content (AvgIpc) is 2.34. The maximum atomic E-state index is 11.7. The highest BCUT2D eigenvalue weighted by atomic mass is 79.9. The van der Waals surface area contributed by atoms with Crippen LogP contribution in [0.2, 0.25) is 0 Å². The lowest BCUT2D eigenvalue weighted by molar-refractivity contribution is -0.384. The molecule has 0 aromatic heterocycles. The first-order valence-electron chi connectivity index (χ1n) is 5.06. The zero-order chi connectivity index (χ0) is 14.4. The number of nitrogens with zero attached hydrogens (tertiary/aromatic N) is 1. The third-order valence-corrected chi connectivity index (χ3v) is 2.73. The lowest BCUT2D eigenvalue weighted by Gasteiger charge is -2.06. The van der Waals surface area contributed by atoms with Crippen LogP contribution in [0.4, 0.5) is 10.5 Å². The smallest absolute Gasteiger partial charge is 0.404 e. The number of hydrogen-bond acceptors (Lipinski definition) is 5. The summed E-state index contributed by atoms with van der Waals surface area (Å²) in [6, 6.07) is 3.83. The van der Waals surface area contributed by atoms with Gasteiger partial charge in [0.1, 0.15) is 6.61 Å². The van der Waals surface area contributed by atoms with E-state index in [1.807, 2.05) is 0 Å². The van der Waals surface area contributed by atoms with Gasteiger partial charge in [-0.2, -0.15) is 0 Å². The summed E-state index contributed by atoms with van der Waals surface area (Å²) in [6.07, 6.45) is -0.939. The lowest BCUT2D eigenvalue weighted by Crippen LogP contribution is -2.29. The monoisotopic (exact) mass is 331 g/mol. The van der Waals surface area contributed by atoms with Crippen molar-refractivity contribution >= 4 is 33.6 Å². The van der Waals surface area contributed by atoms with Crippen LogP contribution in [-0.4, -0.2) is 30.1 Å². The summed E-state index contributed by atoms with van der Waals surface area (Å²) in [5.41, 5.74) is 4.67. The highest BCUT2D eigenvalue weighted by molar-refractivity contribution is 9.10. The molecule has 9 heteroatoms. The van der Waals surface area contributed by atoms with Gasteiger partial charge < -0.3 is 15.8 Å². The predicted octanol–water partition coefficient (Wildman–Crippen LogP) is 1.18. The highest BCUT2D eigenvalue weighted by Crippen LogP contribution is 2.22. The molecule has 8 nitrogen and oxygen atoms in total. The van der Waals surface area contributed by atoms with Crippen molar-refractivity contribution in [3.63, 3.8) is 0 Å². The molecule has 102 valence electrons. The number of halogens is 1. The molecule has 3 N–H and O–H groups in total. The number of amides is 2. The van der Waals surface area contributed by atoms with Gasteiger partial charge in [0.05, 0.1) is 17.0 Å². The molecule has 0 saturated heterocycles. The van der Waals surface area contributed by atoms with E-state index in [4.69, 9.17) is 5.73 Å². The Bertz CT molecular complexity index is 520. The molecule has 1 aromatic rings. The van der Waals surface area contributed by atoms with Crippen molar-refractivity contribution < 1.29 is 19.2 Å². The number of nitrogens with one attached hydrogen (secondary N) is 1. The van der Waals surface area contributed by atoms with Crippen molar-refractivity contribution in [3.05, 3.63) is 38.3 Å². The van der Waals surface area contributed by atoms with Crippen LogP contribution in [0.1, 0.15) is 10.4 Å². The number of nitro groups is 1. The maximum Gasteiger partial charge on any atom is 0.404 e. The molecule has 0 bridgehead atoms. The lowest BCUT2D eigenvalue weighted by atomic mass is 10.2. The number of nitro benzene ring substituents is 1. The summed E-state index contributed by atoms with van der Waals surface area (Å²) in [4.78, 5) is 32.1. The molecule has 0 aliphatic heterocycles. The summed E-state index contributed by atoms with van der Waals surface area (Å²) < 4.78 is 4.85. The minimum absolute atomic E-state index is 0.0525. The molecular weight excluding hydrogens is 322 g/mol. The summed E-state index contributed by atoms with van der Waals surface area (Å²) in [6.45, 7) is -0.0233. The number of carbonyl (C=O) groups excluding carboxylic acids is 2. The number of hydrogen-bond donors (Lipinski definition) is 2. The van der Waals surface area contributed by atoms with Crippen molar-refractivity contribution in [1.29, 1.82) is 0 Å². The second-order valence-electron chi connectivity index (χ2n) is 3.34. The largest absolute Gasteiger partial charge is 0.448 e. The van der Waals surface area contributed by atoms with Crippen molar-refractivity contribution in [2.24, 2.45) is 5.73 Å². The fourth-order valence-corrected chi connectivity index (χ4v) is 1.64. The Balaban J connectivity index is 2.68. The van der Waals surface area contributed by atoms with Crippen LogP contribution in [-0.2, 0) is 4.74 Å². The van der Waals surface area contributed by atoms with Gasteiger partial charge in [0.25, 0.3) is 11.6 Å². The van der Waals surface area contributed by atoms with Crippen LogP contribution < -0.4 is 11.1 Å². The Morgan fingerprint density at radius 3 is 2.74 bits per heavy atom. The Morgan fingerprint density at radius 1 is 1.47 bits per heavy atom. The van der Waals surface area contributed by atoms with Gasteiger partial charge in [0.15, 0.2) is 0 Å². The molecular formula is C10H10BrN3O5. The molecule has 0 aliphatic carbocycles. The second kappa shape index (κ2) is 6.69. The molecule has 0 aliphatic rings. The first kappa shape index (κ1) is 14.9. The van der Waals surface area contributed by atoms with Gasteiger partial charge in [-0.25, -0.2) is 4.79 Å². The van der Waals surface area contributed by atoms with Crippen LogP contribution in [0.15, 0.2) is 22.7 Å². The van der Waals surface area contributed by atoms with Crippen molar-refractivity contribution in [2.45, 2.75) is 0 Å². The predicted molar refractivity (Wildman–Crippen MR) is 68.7 cm³/mol. The fourth-order valence-electron chi connectivity index (χ4n) is 1.21. The summed E-state index contributed by atoms with van der Waals surface area (Å²) >= 11 is 3.12. The Labute approximate surface area is 116 Å². The molecule has 2 amide bonds. The quantitative estimate of drug-likeness (QED) is 0.476. The molecule has 0 saturated carbocycles. The van der Waals surface area contributed by atoms with Crippen LogP contribution in [0.25, 0.3) is 0 Å². The first-order chi connectivity index (χ1) is 8.91. The maximum absolute atomic E-state index is 11.7. The fraction of sp³-hybridized carbons (Fsp3) is 0.200. The van der Waals surface area contributed by atoms with Crippen LogP contribution in [0.3, 0.4) is 0 Å². The topological polar surface area (TPSA) is 125 Å². The van der Waals surface area contributed by atoms with Crippen LogP contribution in [0.5, 0.6) is 0 Å². The van der Waals surface area contributed by atoms with E-state index < -0.39 is 16.9 Å². The average molecular weight is 332 g/mol. The van der Waals surface area contributed by atoms with E-state index in [0.29, 0.717) is 4.47 Å². The molecule has 19 heavy (non-hydrogen) atoms. The molecule has 0 spiro atoms. The Kier molecular flexibility index (Phi) is 5.24. The van der Waals surface area contributed by atoms with Gasteiger partial charge in [0, 0.05) is 16.6 Å². The van der Waals surface area contributed by atoms with E-state index in [1.54, 1.807) is 0 Å². The van der Waals surface area contributed by atoms with Gasteiger partial charge in [-0.1, -0.05) is 0 Å². The van der Waals surface area contributed by atoms with Crippen molar-refractivity contribution in [2.75, 3.05) is 13.2 Å². The van der Waals surface area contributed by atoms with E-state index in [9.17, 15) is 19.7 Å². The Hall–Kier alpha value is -2.16. The summed E-state index contributed by atoms with van der Waals surface area (Å²) in [7, 11) is 0. The van der Waals surface area contributed by atoms with E-state index in [-0.39, 0.29) is 24.4 Å². The third-order valence-electron chi connectivity index (χ3n) is 2.04. The number of primary amides is 1. The second-order valence-corrected chi connectivity index (χ2v) is 4.20. The molecule has 0 atom stereocenters. The molecule has 0 unspecified atom stereocenters. The number of carbonyl (C=O) groups is 2. The molecule has 1 aromatic carbocycles. The third kappa shape index (κ3) is 4.54. The number of ether oxygens (including phenoxy) is 1. The van der Waals surface area contributed by atoms with Crippen LogP contribution in [0, 0.1) is 10.1 Å². The number of non-ortho nitro benzene ring substituents is 1. The zero-order valence-corrected chi connectivity index (χ0v) is 11.2. The van der Waals surface area contributed by atoms with Gasteiger partial charge in [-0.15, -0.1) is 0 Å². The van der Waals surface area contributed by atoms with Crippen molar-refractivity contribution in [3.8, 4) is 0 Å². The standard InChI is InChI=1S/C10H10BrN3O5/c11-8-2-1-6(14(17)18)5-7(8)9(15)13-3-4-19-10(12)16/h1-2,5H,3-4H2,(H2,12,16)(H,13,15). The normalized spacial score (nSPS) is 9.74. The van der Waals surface area contributed by atoms with Crippen molar-refractivity contribution in [1.82, 2.24) is 5.32 Å². The van der Waals surface area contributed by atoms with Crippen LogP contribution >= 0.6 is 15.9 Å². The van der Waals surface area contributed by atoms with Gasteiger partial charge in [0.2, 0.25) is 0 Å². The number of nitrogens with two attached hydrogens (primary N) is 1. The van der Waals surface area contributed by atoms with E-state index in [2.05, 4.69) is 26.0 Å². The number of rotatable bonds is 5. The molecule has 0 heterocycles. The van der Waals surface area contributed by atoms with Gasteiger partial charge in [-0.05, 0) is 22.0 Å². The zero-order valence-electron chi connectivity index (χ0n) is 9.59. The Morgan fingerprint density at radius 2 is 2.16 bits per heavy atom. The molecule has 1 rings (SSSR count). The van der Waals surface area contributed by atoms with E-state index in [0.717, 1.165) is 6.07 Å². The molecule has 0 radical (unpaired) electrons. The first-order valence-corrected chi connectivity index (χ1v) is 5.85. The summed E-state index contributed by atoms with van der Waals surface area (Å²) in [5, 5.41) is 13.0. The van der Waals surface area contributed by atoms with E-state index in [1.165, 1.54) is 12.1 Å². The van der Waals surface area contributed by atoms with Gasteiger partial charge in [-0.3, -0.25) is 14.9 Å². The van der Waals surface area contributed by atoms with E-state index >= 15 is 0 Å². The minimum Gasteiger partial charge on any atom is -0.448 e. The van der Waals surface area contributed by atoms with Gasteiger partial charge >= 0.3 is 6.09 Å². The molecule has 0 fully saturated rings. The number of benzene rings is 1. The highest BCUT2D eigenvalue weighted by Gasteiger charge is 2.15.